The van der Waals surface area contributed by atoms with Crippen molar-refractivity contribution in [2.75, 3.05) is 47.3 Å². The van der Waals surface area contributed by atoms with Crippen molar-refractivity contribution in [2.24, 2.45) is 12.0 Å². The SMILES string of the molecule is CN=C(NCCCCCCCN(C)C)N1CCC(c2cnn(C)c2)C1.I. The van der Waals surface area contributed by atoms with Crippen LogP contribution in [0.15, 0.2) is 17.4 Å². The Bertz CT molecular complexity index is 528. The summed E-state index contributed by atoms with van der Waals surface area (Å²) in [7, 11) is 8.16. The number of aromatic nitrogens is 2. The molecule has 1 saturated heterocycles. The first-order chi connectivity index (χ1) is 12.1. The molecule has 1 aliphatic rings. The number of nitrogens with zero attached hydrogens (tertiary/aromatic N) is 5. The third kappa shape index (κ3) is 7.82. The van der Waals surface area contributed by atoms with Crippen molar-refractivity contribution in [3.8, 4) is 0 Å². The van der Waals surface area contributed by atoms with Crippen molar-refractivity contribution < 1.29 is 0 Å². The van der Waals surface area contributed by atoms with Crippen LogP contribution in [0.25, 0.3) is 0 Å². The average Bonchev–Trinajstić information content (AvgIpc) is 3.22. The Kier molecular flexibility index (Phi) is 11.2. The van der Waals surface area contributed by atoms with E-state index in [0.717, 1.165) is 25.6 Å². The molecule has 1 fully saturated rings. The number of aliphatic imine (C=N–C) groups is 1. The molecule has 26 heavy (non-hydrogen) atoms. The van der Waals surface area contributed by atoms with E-state index in [1.807, 2.05) is 25.0 Å². The normalized spacial score (nSPS) is 17.7. The van der Waals surface area contributed by atoms with Gasteiger partial charge in [-0.2, -0.15) is 5.10 Å². The molecule has 1 atom stereocenters. The van der Waals surface area contributed by atoms with Gasteiger partial charge in [-0.1, -0.05) is 19.3 Å². The van der Waals surface area contributed by atoms with Crippen LogP contribution in [0, 0.1) is 0 Å². The lowest BCUT2D eigenvalue weighted by Gasteiger charge is -2.21. The molecule has 0 radical (unpaired) electrons. The van der Waals surface area contributed by atoms with Gasteiger partial charge in [0.1, 0.15) is 0 Å². The number of nitrogens with one attached hydrogen (secondary N) is 1. The van der Waals surface area contributed by atoms with Crippen molar-refractivity contribution in [1.82, 2.24) is 24.9 Å². The number of likely N-dealkylation sites (tertiary alicyclic amines) is 1. The van der Waals surface area contributed by atoms with Crippen molar-refractivity contribution in [1.29, 1.82) is 0 Å². The van der Waals surface area contributed by atoms with Gasteiger partial charge in [0.15, 0.2) is 5.96 Å². The molecule has 0 saturated carbocycles. The summed E-state index contributed by atoms with van der Waals surface area (Å²) in [6.07, 6.45) is 11.8. The average molecular weight is 476 g/mol. The highest BCUT2D eigenvalue weighted by molar-refractivity contribution is 14.0. The minimum Gasteiger partial charge on any atom is -0.356 e. The van der Waals surface area contributed by atoms with Crippen LogP contribution in [0.3, 0.4) is 0 Å². The van der Waals surface area contributed by atoms with Gasteiger partial charge in [-0.25, -0.2) is 0 Å². The maximum Gasteiger partial charge on any atom is 0.193 e. The van der Waals surface area contributed by atoms with Crippen LogP contribution < -0.4 is 5.32 Å². The Balaban J connectivity index is 0.00000338. The topological polar surface area (TPSA) is 48.7 Å². The molecule has 1 unspecified atom stereocenters. The van der Waals surface area contributed by atoms with Crippen molar-refractivity contribution >= 4 is 29.9 Å². The highest BCUT2D eigenvalue weighted by atomic mass is 127. The first-order valence-electron chi connectivity index (χ1n) is 9.69. The van der Waals surface area contributed by atoms with Gasteiger partial charge < -0.3 is 15.1 Å². The van der Waals surface area contributed by atoms with Crippen LogP contribution >= 0.6 is 24.0 Å². The summed E-state index contributed by atoms with van der Waals surface area (Å²) in [6, 6.07) is 0. The molecule has 1 aromatic rings. The third-order valence-electron chi connectivity index (χ3n) is 4.96. The van der Waals surface area contributed by atoms with E-state index in [1.54, 1.807) is 0 Å². The smallest absolute Gasteiger partial charge is 0.193 e. The van der Waals surface area contributed by atoms with Crippen molar-refractivity contribution in [2.45, 2.75) is 44.4 Å². The zero-order valence-corrected chi connectivity index (χ0v) is 19.3. The van der Waals surface area contributed by atoms with Gasteiger partial charge in [0.2, 0.25) is 0 Å². The van der Waals surface area contributed by atoms with E-state index in [9.17, 15) is 0 Å². The molecule has 1 aliphatic heterocycles. The third-order valence-corrected chi connectivity index (χ3v) is 4.96. The minimum atomic E-state index is 0. The Labute approximate surface area is 176 Å². The summed E-state index contributed by atoms with van der Waals surface area (Å²) in [5.41, 5.74) is 1.35. The fourth-order valence-corrected chi connectivity index (χ4v) is 3.49. The Morgan fingerprint density at radius 2 is 2.00 bits per heavy atom. The van der Waals surface area contributed by atoms with Gasteiger partial charge in [0.05, 0.1) is 6.20 Å². The van der Waals surface area contributed by atoms with Crippen LogP contribution in [0.4, 0.5) is 0 Å². The fraction of sp³-hybridized carbons (Fsp3) is 0.789. The number of hydrogen-bond donors (Lipinski definition) is 1. The zero-order chi connectivity index (χ0) is 18.1. The van der Waals surface area contributed by atoms with Crippen LogP contribution in [-0.2, 0) is 7.05 Å². The molecule has 0 spiro atoms. The van der Waals surface area contributed by atoms with E-state index in [0.29, 0.717) is 5.92 Å². The number of rotatable bonds is 9. The van der Waals surface area contributed by atoms with E-state index in [2.05, 4.69) is 45.5 Å². The molecule has 2 rings (SSSR count). The van der Waals surface area contributed by atoms with Crippen LogP contribution in [-0.4, -0.2) is 72.9 Å². The Morgan fingerprint density at radius 1 is 1.27 bits per heavy atom. The lowest BCUT2D eigenvalue weighted by molar-refractivity contribution is 0.389. The Hall–Kier alpha value is -0.830. The van der Waals surface area contributed by atoms with Crippen molar-refractivity contribution in [3.05, 3.63) is 18.0 Å². The summed E-state index contributed by atoms with van der Waals surface area (Å²) in [5.74, 6) is 1.63. The van der Waals surface area contributed by atoms with Gasteiger partial charge in [-0.15, -0.1) is 24.0 Å². The highest BCUT2D eigenvalue weighted by Gasteiger charge is 2.26. The van der Waals surface area contributed by atoms with E-state index in [1.165, 1.54) is 50.6 Å². The molecule has 7 heteroatoms. The number of guanidine groups is 1. The quantitative estimate of drug-likeness (QED) is 0.258. The maximum atomic E-state index is 4.48. The minimum absolute atomic E-state index is 0. The maximum absolute atomic E-state index is 4.48. The molecule has 150 valence electrons. The summed E-state index contributed by atoms with van der Waals surface area (Å²) >= 11 is 0. The van der Waals surface area contributed by atoms with Crippen LogP contribution in [0.1, 0.15) is 50.0 Å². The second-order valence-electron chi connectivity index (χ2n) is 7.42. The standard InChI is InChI=1S/C19H36N6.HI/c1-20-19(21-11-8-6-5-7-9-12-23(2)3)25-13-10-17(16-25)18-14-22-24(4)15-18;/h14-15,17H,5-13,16H2,1-4H3,(H,20,21);1H. The first kappa shape index (κ1) is 23.2. The molecule has 0 aromatic carbocycles. The number of halogens is 1. The molecule has 0 amide bonds. The highest BCUT2D eigenvalue weighted by Crippen LogP contribution is 2.26. The van der Waals surface area contributed by atoms with Gasteiger partial charge in [-0.3, -0.25) is 9.67 Å². The van der Waals surface area contributed by atoms with Crippen molar-refractivity contribution in [3.63, 3.8) is 0 Å². The fourth-order valence-electron chi connectivity index (χ4n) is 3.49. The number of hydrogen-bond acceptors (Lipinski definition) is 3. The van der Waals surface area contributed by atoms with Gasteiger partial charge in [-0.05, 0) is 45.5 Å². The number of unbranched alkanes of at least 4 members (excludes halogenated alkanes) is 4. The molecule has 1 aromatic heterocycles. The molecule has 1 N–H and O–H groups in total. The molecule has 2 heterocycles. The molecule has 6 nitrogen and oxygen atoms in total. The summed E-state index contributed by atoms with van der Waals surface area (Å²) in [6.45, 7) is 4.34. The summed E-state index contributed by atoms with van der Waals surface area (Å²) < 4.78 is 1.89. The molecular weight excluding hydrogens is 439 g/mol. The first-order valence-corrected chi connectivity index (χ1v) is 9.69. The lowest BCUT2D eigenvalue weighted by atomic mass is 10.0. The largest absolute Gasteiger partial charge is 0.356 e. The molecule has 0 aliphatic carbocycles. The molecular formula is C19H37IN6. The van der Waals surface area contributed by atoms with E-state index < -0.39 is 0 Å². The second kappa shape index (κ2) is 12.5. The summed E-state index contributed by atoms with van der Waals surface area (Å²) in [5, 5.41) is 7.85. The van der Waals surface area contributed by atoms with Crippen LogP contribution in [0.2, 0.25) is 0 Å². The van der Waals surface area contributed by atoms with Gasteiger partial charge in [0, 0.05) is 45.8 Å². The van der Waals surface area contributed by atoms with Crippen LogP contribution in [0.5, 0.6) is 0 Å². The van der Waals surface area contributed by atoms with E-state index >= 15 is 0 Å². The molecule has 0 bridgehead atoms. The number of aryl methyl sites for hydroxylation is 1. The predicted octanol–water partition coefficient (Wildman–Crippen LogP) is 2.91. The lowest BCUT2D eigenvalue weighted by Crippen LogP contribution is -2.40. The zero-order valence-electron chi connectivity index (χ0n) is 16.9. The van der Waals surface area contributed by atoms with E-state index in [-0.39, 0.29) is 24.0 Å². The predicted molar refractivity (Wildman–Crippen MR) is 121 cm³/mol. The van der Waals surface area contributed by atoms with Gasteiger partial charge in [0.25, 0.3) is 0 Å². The van der Waals surface area contributed by atoms with Gasteiger partial charge >= 0.3 is 0 Å². The second-order valence-corrected chi connectivity index (χ2v) is 7.42. The monoisotopic (exact) mass is 476 g/mol. The van der Waals surface area contributed by atoms with E-state index in [4.69, 9.17) is 0 Å². The summed E-state index contributed by atoms with van der Waals surface area (Å²) in [4.78, 5) is 9.12. The Morgan fingerprint density at radius 3 is 2.65 bits per heavy atom.